The number of hydrogen-bond donors (Lipinski definition) is 1. The predicted octanol–water partition coefficient (Wildman–Crippen LogP) is 1.84. The Labute approximate surface area is 91.5 Å². The van der Waals surface area contributed by atoms with E-state index in [2.05, 4.69) is 10.3 Å². The van der Waals surface area contributed by atoms with E-state index in [0.717, 1.165) is 11.3 Å². The van der Waals surface area contributed by atoms with Crippen LogP contribution < -0.4 is 10.1 Å². The first-order valence-corrected chi connectivity index (χ1v) is 5.13. The van der Waals surface area contributed by atoms with E-state index in [4.69, 9.17) is 4.74 Å². The topological polar surface area (TPSA) is 68.3 Å². The van der Waals surface area contributed by atoms with Crippen LogP contribution in [0, 0.1) is 0 Å². The number of amides is 1. The first-order valence-electron chi connectivity index (χ1n) is 4.32. The third-order valence-corrected chi connectivity index (χ3v) is 2.08. The lowest BCUT2D eigenvalue weighted by molar-refractivity contribution is 0.112. The standard InChI is InChI=1S/C9H12N2O3S/c1-9(2,3)11-7(13)14-8-10-4-6(5-12)15-8/h4-5H,1-3H3,(H,11,13). The highest BCUT2D eigenvalue weighted by Crippen LogP contribution is 2.18. The minimum absolute atomic E-state index is 0.166. The molecule has 0 bridgehead atoms. The van der Waals surface area contributed by atoms with E-state index < -0.39 is 6.09 Å². The van der Waals surface area contributed by atoms with Crippen molar-refractivity contribution in [3.05, 3.63) is 11.1 Å². The fourth-order valence-electron chi connectivity index (χ4n) is 0.783. The third-order valence-electron chi connectivity index (χ3n) is 1.28. The Morgan fingerprint density at radius 1 is 1.60 bits per heavy atom. The highest BCUT2D eigenvalue weighted by Gasteiger charge is 2.16. The molecule has 0 saturated carbocycles. The normalized spacial score (nSPS) is 10.9. The van der Waals surface area contributed by atoms with Crippen molar-refractivity contribution in [3.63, 3.8) is 0 Å². The van der Waals surface area contributed by atoms with E-state index in [-0.39, 0.29) is 10.7 Å². The van der Waals surface area contributed by atoms with Crippen LogP contribution in [-0.4, -0.2) is 22.9 Å². The summed E-state index contributed by atoms with van der Waals surface area (Å²) in [5.41, 5.74) is -0.359. The van der Waals surface area contributed by atoms with E-state index in [1.807, 2.05) is 20.8 Å². The molecule has 1 aromatic heterocycles. The zero-order chi connectivity index (χ0) is 11.5. The van der Waals surface area contributed by atoms with Gasteiger partial charge in [-0.3, -0.25) is 4.79 Å². The minimum atomic E-state index is -0.575. The maximum Gasteiger partial charge on any atom is 0.414 e. The van der Waals surface area contributed by atoms with Crippen LogP contribution in [0.15, 0.2) is 6.20 Å². The molecule has 0 radical (unpaired) electrons. The monoisotopic (exact) mass is 228 g/mol. The molecule has 1 rings (SSSR count). The van der Waals surface area contributed by atoms with Crippen molar-refractivity contribution >= 4 is 23.7 Å². The maximum atomic E-state index is 11.3. The van der Waals surface area contributed by atoms with E-state index in [1.165, 1.54) is 6.20 Å². The molecule has 0 unspecified atom stereocenters. The molecule has 0 atom stereocenters. The van der Waals surface area contributed by atoms with Gasteiger partial charge in [0.25, 0.3) is 5.19 Å². The molecule has 0 aromatic carbocycles. The smallest absolute Gasteiger partial charge is 0.381 e. The van der Waals surface area contributed by atoms with Crippen LogP contribution in [0.2, 0.25) is 0 Å². The van der Waals surface area contributed by atoms with Gasteiger partial charge in [0.1, 0.15) is 0 Å². The van der Waals surface area contributed by atoms with Crippen LogP contribution in [0.5, 0.6) is 5.19 Å². The molecule has 0 fully saturated rings. The lowest BCUT2D eigenvalue weighted by atomic mass is 10.1. The summed E-state index contributed by atoms with van der Waals surface area (Å²) >= 11 is 1.02. The summed E-state index contributed by atoms with van der Waals surface area (Å²) in [6.07, 6.45) is 1.44. The molecule has 0 aliphatic rings. The average molecular weight is 228 g/mol. The molecule has 1 N–H and O–H groups in total. The highest BCUT2D eigenvalue weighted by molar-refractivity contribution is 7.15. The quantitative estimate of drug-likeness (QED) is 0.784. The van der Waals surface area contributed by atoms with Crippen LogP contribution in [0.3, 0.4) is 0 Å². The summed E-state index contributed by atoms with van der Waals surface area (Å²) in [6, 6.07) is 0. The SMILES string of the molecule is CC(C)(C)NC(=O)Oc1ncc(C=O)s1. The second kappa shape index (κ2) is 4.39. The summed E-state index contributed by atoms with van der Waals surface area (Å²) in [5, 5.41) is 2.78. The minimum Gasteiger partial charge on any atom is -0.381 e. The van der Waals surface area contributed by atoms with Gasteiger partial charge in [-0.05, 0) is 20.8 Å². The second-order valence-corrected chi connectivity index (χ2v) is 4.94. The molecule has 0 aliphatic carbocycles. The van der Waals surface area contributed by atoms with Gasteiger partial charge < -0.3 is 10.1 Å². The van der Waals surface area contributed by atoms with Gasteiger partial charge in [-0.1, -0.05) is 11.3 Å². The maximum absolute atomic E-state index is 11.3. The fraction of sp³-hybridized carbons (Fsp3) is 0.444. The van der Waals surface area contributed by atoms with Crippen LogP contribution in [0.4, 0.5) is 4.79 Å². The molecular weight excluding hydrogens is 216 g/mol. The number of thiazole rings is 1. The number of nitrogens with zero attached hydrogens (tertiary/aromatic N) is 1. The zero-order valence-corrected chi connectivity index (χ0v) is 9.55. The number of nitrogens with one attached hydrogen (secondary N) is 1. The highest BCUT2D eigenvalue weighted by atomic mass is 32.1. The van der Waals surface area contributed by atoms with Crippen molar-refractivity contribution in [3.8, 4) is 5.19 Å². The summed E-state index contributed by atoms with van der Waals surface area (Å²) in [5.74, 6) is 0. The lowest BCUT2D eigenvalue weighted by Crippen LogP contribution is -2.42. The van der Waals surface area contributed by atoms with Gasteiger partial charge in [0, 0.05) is 5.54 Å². The summed E-state index contributed by atoms with van der Waals surface area (Å²) in [6.45, 7) is 5.52. The van der Waals surface area contributed by atoms with Gasteiger partial charge in [0.2, 0.25) is 0 Å². The molecule has 1 heterocycles. The van der Waals surface area contributed by atoms with Crippen molar-refractivity contribution in [2.24, 2.45) is 0 Å². The fourth-order valence-corrected chi connectivity index (χ4v) is 1.36. The van der Waals surface area contributed by atoms with Crippen molar-refractivity contribution < 1.29 is 14.3 Å². The average Bonchev–Trinajstić information content (AvgIpc) is 2.48. The Balaban J connectivity index is 2.55. The molecule has 0 saturated heterocycles. The largest absolute Gasteiger partial charge is 0.414 e. The van der Waals surface area contributed by atoms with Crippen molar-refractivity contribution in [1.29, 1.82) is 0 Å². The first-order chi connectivity index (χ1) is 6.90. The number of aromatic nitrogens is 1. The summed E-state index contributed by atoms with van der Waals surface area (Å²) in [7, 11) is 0. The van der Waals surface area contributed by atoms with Gasteiger partial charge in [-0.2, -0.15) is 0 Å². The molecule has 6 heteroatoms. The Morgan fingerprint density at radius 2 is 2.27 bits per heavy atom. The van der Waals surface area contributed by atoms with Crippen molar-refractivity contribution in [2.45, 2.75) is 26.3 Å². The Bertz CT molecular complexity index is 368. The van der Waals surface area contributed by atoms with Crippen LogP contribution >= 0.6 is 11.3 Å². The van der Waals surface area contributed by atoms with Gasteiger partial charge in [0.05, 0.1) is 11.1 Å². The Morgan fingerprint density at radius 3 is 2.73 bits per heavy atom. The van der Waals surface area contributed by atoms with Crippen LogP contribution in [-0.2, 0) is 0 Å². The molecule has 0 spiro atoms. The Kier molecular flexibility index (Phi) is 3.41. The number of ether oxygens (including phenoxy) is 1. The van der Waals surface area contributed by atoms with E-state index in [9.17, 15) is 9.59 Å². The first kappa shape index (κ1) is 11.6. The second-order valence-electron chi connectivity index (χ2n) is 3.91. The van der Waals surface area contributed by atoms with Gasteiger partial charge in [-0.15, -0.1) is 0 Å². The zero-order valence-electron chi connectivity index (χ0n) is 8.73. The van der Waals surface area contributed by atoms with Crippen LogP contribution in [0.25, 0.3) is 0 Å². The molecule has 1 amide bonds. The van der Waals surface area contributed by atoms with Crippen molar-refractivity contribution in [1.82, 2.24) is 10.3 Å². The third kappa shape index (κ3) is 4.07. The van der Waals surface area contributed by atoms with E-state index in [0.29, 0.717) is 11.2 Å². The molecule has 0 aliphatic heterocycles. The summed E-state index contributed by atoms with van der Waals surface area (Å²) in [4.78, 5) is 25.8. The molecule has 82 valence electrons. The van der Waals surface area contributed by atoms with E-state index >= 15 is 0 Å². The lowest BCUT2D eigenvalue weighted by Gasteiger charge is -2.18. The molecular formula is C9H12N2O3S. The number of hydrogen-bond acceptors (Lipinski definition) is 5. The number of aldehydes is 1. The van der Waals surface area contributed by atoms with Gasteiger partial charge in [-0.25, -0.2) is 9.78 Å². The molecule has 1 aromatic rings. The number of carbonyl (C=O) groups excluding carboxylic acids is 2. The van der Waals surface area contributed by atoms with Crippen LogP contribution in [0.1, 0.15) is 30.4 Å². The van der Waals surface area contributed by atoms with Crippen molar-refractivity contribution in [2.75, 3.05) is 0 Å². The van der Waals surface area contributed by atoms with Gasteiger partial charge >= 0.3 is 6.09 Å². The van der Waals surface area contributed by atoms with E-state index in [1.54, 1.807) is 0 Å². The number of rotatable bonds is 2. The summed E-state index contributed by atoms with van der Waals surface area (Å²) < 4.78 is 4.87. The van der Waals surface area contributed by atoms with Gasteiger partial charge in [0.15, 0.2) is 6.29 Å². The molecule has 15 heavy (non-hydrogen) atoms. The Hall–Kier alpha value is -1.43. The molecule has 5 nitrogen and oxygen atoms in total. The predicted molar refractivity (Wildman–Crippen MR) is 56.4 cm³/mol. The number of carbonyl (C=O) groups is 2.